The summed E-state index contributed by atoms with van der Waals surface area (Å²) in [7, 11) is 1.55. The molecule has 5 nitrogen and oxygen atoms in total. The van der Waals surface area contributed by atoms with Gasteiger partial charge in [-0.15, -0.1) is 0 Å². The van der Waals surface area contributed by atoms with Gasteiger partial charge in [-0.2, -0.15) is 5.26 Å². The Balaban J connectivity index is 2.34. The van der Waals surface area contributed by atoms with Gasteiger partial charge in [0.1, 0.15) is 17.4 Å². The summed E-state index contributed by atoms with van der Waals surface area (Å²) in [6.45, 7) is 5.87. The minimum atomic E-state index is -0.582. The van der Waals surface area contributed by atoms with Crippen molar-refractivity contribution in [3.63, 3.8) is 0 Å². The molecule has 1 amide bonds. The van der Waals surface area contributed by atoms with Crippen LogP contribution >= 0.6 is 23.2 Å². The van der Waals surface area contributed by atoms with Crippen molar-refractivity contribution >= 4 is 46.6 Å². The summed E-state index contributed by atoms with van der Waals surface area (Å²) in [4.78, 5) is 14.7. The maximum Gasteiger partial charge on any atom is 0.266 e. The Hall–Kier alpha value is -2.68. The molecule has 0 atom stereocenters. The van der Waals surface area contributed by atoms with E-state index in [0.29, 0.717) is 22.0 Å². The fraction of sp³-hybridized carbons (Fsp3) is 0.238. The van der Waals surface area contributed by atoms with Gasteiger partial charge < -0.3 is 15.0 Å². The van der Waals surface area contributed by atoms with Gasteiger partial charge in [0, 0.05) is 30.4 Å². The lowest BCUT2D eigenvalue weighted by molar-refractivity contribution is -0.112. The van der Waals surface area contributed by atoms with Crippen molar-refractivity contribution in [1.29, 1.82) is 5.26 Å². The number of methoxy groups -OCH3 is 1. The van der Waals surface area contributed by atoms with Gasteiger partial charge in [0.25, 0.3) is 5.91 Å². The Kier molecular flexibility index (Phi) is 7.74. The molecular formula is C21H21Cl2N3O2. The smallest absolute Gasteiger partial charge is 0.266 e. The number of nitriles is 1. The average molecular weight is 418 g/mol. The van der Waals surface area contributed by atoms with Crippen molar-refractivity contribution < 1.29 is 9.53 Å². The van der Waals surface area contributed by atoms with E-state index >= 15 is 0 Å². The number of rotatable bonds is 7. The third kappa shape index (κ3) is 4.98. The van der Waals surface area contributed by atoms with Crippen molar-refractivity contribution in [3.8, 4) is 11.8 Å². The van der Waals surface area contributed by atoms with Gasteiger partial charge in [-0.05, 0) is 44.2 Å². The van der Waals surface area contributed by atoms with Gasteiger partial charge in [-0.1, -0.05) is 29.3 Å². The predicted octanol–water partition coefficient (Wildman–Crippen LogP) is 5.39. The summed E-state index contributed by atoms with van der Waals surface area (Å²) < 4.78 is 5.45. The number of anilines is 2. The van der Waals surface area contributed by atoms with E-state index in [1.165, 1.54) is 6.08 Å². The van der Waals surface area contributed by atoms with E-state index in [1.54, 1.807) is 25.3 Å². The van der Waals surface area contributed by atoms with Crippen LogP contribution in [0.5, 0.6) is 5.75 Å². The van der Waals surface area contributed by atoms with E-state index in [-0.39, 0.29) is 10.6 Å². The topological polar surface area (TPSA) is 65.4 Å². The molecular weight excluding hydrogens is 397 g/mol. The molecule has 0 aliphatic heterocycles. The van der Waals surface area contributed by atoms with Crippen molar-refractivity contribution in [1.82, 2.24) is 0 Å². The first-order valence-corrected chi connectivity index (χ1v) is 9.50. The summed E-state index contributed by atoms with van der Waals surface area (Å²) in [5.41, 5.74) is 1.89. The number of carbonyl (C=O) groups is 1. The number of benzene rings is 2. The van der Waals surface area contributed by atoms with E-state index < -0.39 is 5.91 Å². The van der Waals surface area contributed by atoms with Crippen LogP contribution in [0.3, 0.4) is 0 Å². The minimum absolute atomic E-state index is 0.0788. The lowest BCUT2D eigenvalue weighted by atomic mass is 10.1. The van der Waals surface area contributed by atoms with Crippen LogP contribution in [0.25, 0.3) is 6.08 Å². The van der Waals surface area contributed by atoms with Crippen molar-refractivity contribution in [2.24, 2.45) is 0 Å². The van der Waals surface area contributed by atoms with Crippen LogP contribution in [0.2, 0.25) is 10.0 Å². The van der Waals surface area contributed by atoms with Crippen molar-refractivity contribution in [3.05, 3.63) is 57.6 Å². The lowest BCUT2D eigenvalue weighted by Crippen LogP contribution is -2.21. The van der Waals surface area contributed by atoms with E-state index in [2.05, 4.69) is 24.1 Å². The molecule has 2 aromatic carbocycles. The number of amides is 1. The molecule has 146 valence electrons. The van der Waals surface area contributed by atoms with Crippen LogP contribution < -0.4 is 15.0 Å². The molecule has 0 spiro atoms. The molecule has 0 aliphatic carbocycles. The zero-order chi connectivity index (χ0) is 20.7. The number of nitrogens with one attached hydrogen (secondary N) is 1. The molecule has 0 saturated carbocycles. The third-order valence-corrected chi connectivity index (χ3v) is 5.03. The molecule has 1 N–H and O–H groups in total. The van der Waals surface area contributed by atoms with Gasteiger partial charge in [-0.3, -0.25) is 4.79 Å². The van der Waals surface area contributed by atoms with E-state index in [4.69, 9.17) is 27.9 Å². The van der Waals surface area contributed by atoms with Gasteiger partial charge in [-0.25, -0.2) is 0 Å². The third-order valence-electron chi connectivity index (χ3n) is 4.21. The van der Waals surface area contributed by atoms with Crippen LogP contribution in [0.1, 0.15) is 19.4 Å². The van der Waals surface area contributed by atoms with Gasteiger partial charge in [0.2, 0.25) is 0 Å². The first kappa shape index (κ1) is 21.6. The minimum Gasteiger partial charge on any atom is -0.496 e. The highest BCUT2D eigenvalue weighted by Gasteiger charge is 2.14. The summed E-state index contributed by atoms with van der Waals surface area (Å²) >= 11 is 12.1. The fourth-order valence-corrected chi connectivity index (χ4v) is 3.05. The number of carbonyl (C=O) groups excluding carboxylic acids is 1. The molecule has 0 saturated heterocycles. The first-order chi connectivity index (χ1) is 13.4. The predicted molar refractivity (Wildman–Crippen MR) is 115 cm³/mol. The molecule has 28 heavy (non-hydrogen) atoms. The quantitative estimate of drug-likeness (QED) is 0.484. The molecule has 2 rings (SSSR count). The Morgan fingerprint density at radius 1 is 1.25 bits per heavy atom. The number of hydrogen-bond donors (Lipinski definition) is 1. The normalized spacial score (nSPS) is 10.9. The van der Waals surface area contributed by atoms with E-state index in [9.17, 15) is 10.1 Å². The van der Waals surface area contributed by atoms with Gasteiger partial charge in [0.15, 0.2) is 0 Å². The molecule has 0 fully saturated rings. The maximum absolute atomic E-state index is 12.5. The van der Waals surface area contributed by atoms with Crippen LogP contribution in [0.15, 0.2) is 42.0 Å². The maximum atomic E-state index is 12.5. The van der Waals surface area contributed by atoms with Crippen LogP contribution in [0.4, 0.5) is 11.4 Å². The zero-order valence-corrected chi connectivity index (χ0v) is 17.4. The number of nitrogens with zero attached hydrogens (tertiary/aromatic N) is 2. The highest BCUT2D eigenvalue weighted by molar-refractivity contribution is 6.44. The first-order valence-electron chi connectivity index (χ1n) is 8.75. The average Bonchev–Trinajstić information content (AvgIpc) is 2.70. The number of hydrogen-bond acceptors (Lipinski definition) is 4. The van der Waals surface area contributed by atoms with E-state index in [1.807, 2.05) is 24.3 Å². The number of halogens is 2. The summed E-state index contributed by atoms with van der Waals surface area (Å²) in [6.07, 6.45) is 1.48. The van der Waals surface area contributed by atoms with E-state index in [0.717, 1.165) is 18.8 Å². The molecule has 0 heterocycles. The van der Waals surface area contributed by atoms with Crippen LogP contribution in [-0.2, 0) is 4.79 Å². The lowest BCUT2D eigenvalue weighted by Gasteiger charge is -2.22. The molecule has 0 unspecified atom stereocenters. The molecule has 0 bridgehead atoms. The largest absolute Gasteiger partial charge is 0.496 e. The molecule has 7 heteroatoms. The van der Waals surface area contributed by atoms with Gasteiger partial charge in [0.05, 0.1) is 22.8 Å². The SMILES string of the molecule is CCN(CC)c1ccc(/C=C(/C#N)C(=O)Nc2cccc(Cl)c2Cl)c(OC)c1. The Morgan fingerprint density at radius 3 is 2.57 bits per heavy atom. The summed E-state index contributed by atoms with van der Waals surface area (Å²) in [5, 5.41) is 12.6. The van der Waals surface area contributed by atoms with Gasteiger partial charge >= 0.3 is 0 Å². The molecule has 0 aromatic heterocycles. The highest BCUT2D eigenvalue weighted by Crippen LogP contribution is 2.31. The monoisotopic (exact) mass is 417 g/mol. The molecule has 2 aromatic rings. The van der Waals surface area contributed by atoms with Crippen LogP contribution in [-0.4, -0.2) is 26.1 Å². The summed E-state index contributed by atoms with van der Waals surface area (Å²) in [6, 6.07) is 12.5. The molecule has 0 radical (unpaired) electrons. The Labute approximate surface area is 175 Å². The van der Waals surface area contributed by atoms with Crippen molar-refractivity contribution in [2.45, 2.75) is 13.8 Å². The summed E-state index contributed by atoms with van der Waals surface area (Å²) in [5.74, 6) is -0.00715. The second kappa shape index (κ2) is 10.0. The molecule has 0 aliphatic rings. The number of ether oxygens (including phenoxy) is 1. The second-order valence-electron chi connectivity index (χ2n) is 5.82. The van der Waals surface area contributed by atoms with Crippen molar-refractivity contribution in [2.75, 3.05) is 30.4 Å². The van der Waals surface area contributed by atoms with Crippen LogP contribution in [0, 0.1) is 11.3 Å². The zero-order valence-electron chi connectivity index (χ0n) is 15.9. The Morgan fingerprint density at radius 2 is 1.96 bits per heavy atom. The Bertz CT molecular complexity index is 932. The second-order valence-corrected chi connectivity index (χ2v) is 6.61. The fourth-order valence-electron chi connectivity index (χ4n) is 2.70. The standard InChI is InChI=1S/C21H21Cl2N3O2/c1-4-26(5-2)16-10-9-14(19(12-16)28-3)11-15(13-24)21(27)25-18-8-6-7-17(22)20(18)23/h6-12H,4-5H2,1-3H3,(H,25,27)/b15-11-. The highest BCUT2D eigenvalue weighted by atomic mass is 35.5.